The number of ether oxygens (including phenoxy) is 3. The van der Waals surface area contributed by atoms with Crippen LogP contribution in [0.25, 0.3) is 10.9 Å². The van der Waals surface area contributed by atoms with Crippen LogP contribution >= 0.6 is 0 Å². The molecule has 2 heterocycles. The number of benzene rings is 2. The van der Waals surface area contributed by atoms with Crippen LogP contribution in [0.5, 0.6) is 11.5 Å². The summed E-state index contributed by atoms with van der Waals surface area (Å²) in [5, 5.41) is 0.940. The first-order valence-electron chi connectivity index (χ1n) is 8.98. The van der Waals surface area contributed by atoms with Gasteiger partial charge in [0.15, 0.2) is 17.4 Å². The second-order valence-corrected chi connectivity index (χ2v) is 6.52. The lowest BCUT2D eigenvalue weighted by molar-refractivity contribution is -0.130. The molecule has 1 aliphatic heterocycles. The first-order chi connectivity index (χ1) is 14.1. The van der Waals surface area contributed by atoms with Crippen LogP contribution in [0.15, 0.2) is 48.7 Å². The van der Waals surface area contributed by atoms with Crippen LogP contribution in [0.2, 0.25) is 0 Å². The molecular weight excluding hydrogens is 382 g/mol. The molecule has 0 saturated carbocycles. The number of morpholine rings is 1. The average Bonchev–Trinajstić information content (AvgIpc) is 2.73. The standard InChI is InChI=1S/C21H18F2N2O4/c1-27-21-16(22)8-14(9-17(21)23)25-10-15(28-12-19(25)26)11-29-18-6-2-4-13-5-3-7-24-20(13)18/h2-9,15H,10-12H2,1H3. The molecule has 1 saturated heterocycles. The van der Waals surface area contributed by atoms with E-state index in [0.717, 1.165) is 23.0 Å². The zero-order valence-electron chi connectivity index (χ0n) is 15.6. The Morgan fingerprint density at radius 3 is 2.72 bits per heavy atom. The third kappa shape index (κ3) is 3.84. The molecule has 1 atom stereocenters. The van der Waals surface area contributed by atoms with Gasteiger partial charge in [0.25, 0.3) is 5.91 Å². The second kappa shape index (κ2) is 8.00. The SMILES string of the molecule is COc1c(F)cc(N2CC(COc3cccc4cccnc34)OCC2=O)cc1F. The maximum atomic E-state index is 14.0. The summed E-state index contributed by atoms with van der Waals surface area (Å²) in [6, 6.07) is 11.5. The summed E-state index contributed by atoms with van der Waals surface area (Å²) in [6.45, 7) is 0.0416. The average molecular weight is 400 g/mol. The summed E-state index contributed by atoms with van der Waals surface area (Å²) < 4.78 is 44.2. The number of anilines is 1. The number of amides is 1. The number of carbonyl (C=O) groups is 1. The van der Waals surface area contributed by atoms with Crippen LogP contribution in [0, 0.1) is 11.6 Å². The van der Waals surface area contributed by atoms with E-state index >= 15 is 0 Å². The van der Waals surface area contributed by atoms with Crippen LogP contribution in [0.4, 0.5) is 14.5 Å². The van der Waals surface area contributed by atoms with Crippen molar-refractivity contribution in [3.63, 3.8) is 0 Å². The van der Waals surface area contributed by atoms with Gasteiger partial charge in [-0.1, -0.05) is 18.2 Å². The van der Waals surface area contributed by atoms with Crippen molar-refractivity contribution in [3.8, 4) is 11.5 Å². The van der Waals surface area contributed by atoms with Crippen molar-refractivity contribution in [1.82, 2.24) is 4.98 Å². The Labute approximate surface area is 165 Å². The molecule has 0 spiro atoms. The van der Waals surface area contributed by atoms with Crippen LogP contribution in [0.3, 0.4) is 0 Å². The van der Waals surface area contributed by atoms with Crippen LogP contribution < -0.4 is 14.4 Å². The Bertz CT molecular complexity index is 1030. The van der Waals surface area contributed by atoms with E-state index in [2.05, 4.69) is 9.72 Å². The molecule has 1 unspecified atom stereocenters. The monoisotopic (exact) mass is 400 g/mol. The Hall–Kier alpha value is -3.26. The molecule has 3 aromatic rings. The molecule has 150 valence electrons. The van der Waals surface area contributed by atoms with Gasteiger partial charge in [-0.3, -0.25) is 9.78 Å². The van der Waals surface area contributed by atoms with Crippen molar-refractivity contribution in [2.45, 2.75) is 6.10 Å². The van der Waals surface area contributed by atoms with Crippen molar-refractivity contribution in [3.05, 3.63) is 60.3 Å². The van der Waals surface area contributed by atoms with E-state index in [4.69, 9.17) is 9.47 Å². The predicted molar refractivity (Wildman–Crippen MR) is 102 cm³/mol. The minimum atomic E-state index is -0.878. The molecule has 2 aromatic carbocycles. The summed E-state index contributed by atoms with van der Waals surface area (Å²) in [6.07, 6.45) is 1.21. The quantitative estimate of drug-likeness (QED) is 0.658. The number of nitrogens with zero attached hydrogens (tertiary/aromatic N) is 2. The fraction of sp³-hybridized carbons (Fsp3) is 0.238. The Morgan fingerprint density at radius 2 is 1.97 bits per heavy atom. The highest BCUT2D eigenvalue weighted by Crippen LogP contribution is 2.29. The maximum Gasteiger partial charge on any atom is 0.253 e. The first-order valence-corrected chi connectivity index (χ1v) is 8.98. The van der Waals surface area contributed by atoms with Crippen molar-refractivity contribution in [2.75, 3.05) is 31.8 Å². The summed E-state index contributed by atoms with van der Waals surface area (Å²) in [4.78, 5) is 17.9. The Morgan fingerprint density at radius 1 is 1.21 bits per heavy atom. The number of fused-ring (bicyclic) bond motifs is 1. The fourth-order valence-corrected chi connectivity index (χ4v) is 3.25. The highest BCUT2D eigenvalue weighted by molar-refractivity contribution is 5.95. The number of carbonyl (C=O) groups excluding carboxylic acids is 1. The van der Waals surface area contributed by atoms with Gasteiger partial charge in [0.2, 0.25) is 0 Å². The lowest BCUT2D eigenvalue weighted by Gasteiger charge is -2.32. The van der Waals surface area contributed by atoms with E-state index in [1.165, 1.54) is 12.0 Å². The normalized spacial score (nSPS) is 16.9. The number of aromatic nitrogens is 1. The number of methoxy groups -OCH3 is 1. The van der Waals surface area contributed by atoms with Crippen molar-refractivity contribution < 1.29 is 27.8 Å². The molecule has 6 nitrogen and oxygen atoms in total. The van der Waals surface area contributed by atoms with E-state index in [1.54, 1.807) is 12.3 Å². The highest BCUT2D eigenvalue weighted by atomic mass is 19.1. The molecule has 4 rings (SSSR count). The van der Waals surface area contributed by atoms with E-state index in [-0.39, 0.29) is 25.4 Å². The van der Waals surface area contributed by atoms with E-state index in [1.807, 2.05) is 24.3 Å². The first kappa shape index (κ1) is 19.1. The molecule has 0 aliphatic carbocycles. The highest BCUT2D eigenvalue weighted by Gasteiger charge is 2.29. The number of para-hydroxylation sites is 1. The summed E-state index contributed by atoms with van der Waals surface area (Å²) in [5.41, 5.74) is 0.823. The molecule has 1 fully saturated rings. The van der Waals surface area contributed by atoms with Gasteiger partial charge in [-0.2, -0.15) is 0 Å². The molecule has 1 aromatic heterocycles. The van der Waals surface area contributed by atoms with Crippen molar-refractivity contribution in [2.24, 2.45) is 0 Å². The van der Waals surface area contributed by atoms with Gasteiger partial charge in [0.05, 0.1) is 13.7 Å². The minimum absolute atomic E-state index is 0.0994. The molecule has 1 aliphatic rings. The molecule has 0 radical (unpaired) electrons. The summed E-state index contributed by atoms with van der Waals surface area (Å²) in [5.74, 6) is -2.04. The fourth-order valence-electron chi connectivity index (χ4n) is 3.25. The largest absolute Gasteiger partial charge is 0.491 e. The Balaban J connectivity index is 1.50. The Kier molecular flexibility index (Phi) is 5.26. The van der Waals surface area contributed by atoms with Gasteiger partial charge in [-0.05, 0) is 12.1 Å². The maximum absolute atomic E-state index is 14.0. The minimum Gasteiger partial charge on any atom is -0.491 e. The lowest BCUT2D eigenvalue weighted by Crippen LogP contribution is -2.48. The molecular formula is C21H18F2N2O4. The molecule has 0 bridgehead atoms. The number of hydrogen-bond donors (Lipinski definition) is 0. The topological polar surface area (TPSA) is 60.9 Å². The molecule has 8 heteroatoms. The second-order valence-electron chi connectivity index (χ2n) is 6.52. The van der Waals surface area contributed by atoms with E-state index < -0.39 is 29.4 Å². The summed E-state index contributed by atoms with van der Waals surface area (Å²) >= 11 is 0. The van der Waals surface area contributed by atoms with Gasteiger partial charge in [0, 0.05) is 29.4 Å². The smallest absolute Gasteiger partial charge is 0.253 e. The van der Waals surface area contributed by atoms with Crippen LogP contribution in [-0.4, -0.2) is 43.9 Å². The number of pyridine rings is 1. The third-order valence-electron chi connectivity index (χ3n) is 4.65. The molecule has 1 amide bonds. The van der Waals surface area contributed by atoms with Gasteiger partial charge in [-0.15, -0.1) is 0 Å². The van der Waals surface area contributed by atoms with E-state index in [0.29, 0.717) is 5.75 Å². The van der Waals surface area contributed by atoms with E-state index in [9.17, 15) is 13.6 Å². The summed E-state index contributed by atoms with van der Waals surface area (Å²) in [7, 11) is 1.18. The van der Waals surface area contributed by atoms with Gasteiger partial charge in [-0.25, -0.2) is 8.78 Å². The molecule has 0 N–H and O–H groups in total. The number of halogens is 2. The zero-order valence-corrected chi connectivity index (χ0v) is 15.6. The van der Waals surface area contributed by atoms with Crippen molar-refractivity contribution >= 4 is 22.5 Å². The van der Waals surface area contributed by atoms with Gasteiger partial charge >= 0.3 is 0 Å². The number of rotatable bonds is 5. The lowest BCUT2D eigenvalue weighted by atomic mass is 10.2. The third-order valence-corrected chi connectivity index (χ3v) is 4.65. The zero-order chi connectivity index (χ0) is 20.4. The van der Waals surface area contributed by atoms with Gasteiger partial charge in [0.1, 0.15) is 30.6 Å². The van der Waals surface area contributed by atoms with Gasteiger partial charge < -0.3 is 19.1 Å². The van der Waals surface area contributed by atoms with Crippen LogP contribution in [-0.2, 0) is 9.53 Å². The number of hydrogen-bond acceptors (Lipinski definition) is 5. The molecule has 29 heavy (non-hydrogen) atoms. The van der Waals surface area contributed by atoms with Crippen LogP contribution in [0.1, 0.15) is 0 Å². The predicted octanol–water partition coefficient (Wildman–Crippen LogP) is 3.33. The van der Waals surface area contributed by atoms with Crippen molar-refractivity contribution in [1.29, 1.82) is 0 Å².